The molecule has 1 fully saturated rings. The Bertz CT molecular complexity index is 548. The molecule has 1 aliphatic rings. The fourth-order valence-corrected chi connectivity index (χ4v) is 3.79. The number of amides is 2. The summed E-state index contributed by atoms with van der Waals surface area (Å²) in [6.07, 6.45) is 5.24. The Morgan fingerprint density at radius 3 is 2.21 bits per heavy atom. The topological polar surface area (TPSA) is 93.7 Å². The van der Waals surface area contributed by atoms with Crippen LogP contribution >= 0.6 is 0 Å². The Labute approximate surface area is 175 Å². The lowest BCUT2D eigenvalue weighted by Gasteiger charge is -2.37. The highest BCUT2D eigenvalue weighted by Crippen LogP contribution is 2.39. The monoisotopic (exact) mass is 412 g/mol. The van der Waals surface area contributed by atoms with Gasteiger partial charge < -0.3 is 20.1 Å². The van der Waals surface area contributed by atoms with Crippen molar-refractivity contribution in [1.29, 1.82) is 0 Å². The summed E-state index contributed by atoms with van der Waals surface area (Å²) >= 11 is 0. The molecule has 1 unspecified atom stereocenters. The van der Waals surface area contributed by atoms with E-state index in [1.165, 1.54) is 0 Å². The second-order valence-electron chi connectivity index (χ2n) is 9.59. The molecule has 0 aliphatic heterocycles. The molecule has 0 bridgehead atoms. The summed E-state index contributed by atoms with van der Waals surface area (Å²) in [6, 6.07) is -0.673. The van der Waals surface area contributed by atoms with Crippen molar-refractivity contribution in [2.75, 3.05) is 13.2 Å². The number of rotatable bonds is 9. The zero-order chi connectivity index (χ0) is 22.1. The van der Waals surface area contributed by atoms with Crippen LogP contribution in [-0.2, 0) is 19.1 Å². The van der Waals surface area contributed by atoms with Crippen LogP contribution < -0.4 is 10.6 Å². The lowest BCUT2D eigenvalue weighted by molar-refractivity contribution is -0.146. The summed E-state index contributed by atoms with van der Waals surface area (Å²) in [4.78, 5) is 37.2. The largest absolute Gasteiger partial charge is 0.466 e. The van der Waals surface area contributed by atoms with E-state index in [9.17, 15) is 14.4 Å². The van der Waals surface area contributed by atoms with E-state index in [0.717, 1.165) is 32.1 Å². The van der Waals surface area contributed by atoms with Gasteiger partial charge in [0, 0.05) is 6.54 Å². The summed E-state index contributed by atoms with van der Waals surface area (Å²) in [5, 5.41) is 5.70. The predicted molar refractivity (Wildman–Crippen MR) is 112 cm³/mol. The van der Waals surface area contributed by atoms with E-state index in [1.54, 1.807) is 27.7 Å². The summed E-state index contributed by atoms with van der Waals surface area (Å²) in [5.41, 5.74) is -0.900. The molecule has 1 aliphatic carbocycles. The van der Waals surface area contributed by atoms with Gasteiger partial charge in [-0.2, -0.15) is 0 Å². The van der Waals surface area contributed by atoms with Crippen LogP contribution in [0.25, 0.3) is 0 Å². The maximum Gasteiger partial charge on any atom is 0.408 e. The number of ether oxygens (including phenoxy) is 2. The molecule has 7 heteroatoms. The third-order valence-corrected chi connectivity index (χ3v) is 5.09. The first kappa shape index (κ1) is 25.2. The predicted octanol–water partition coefficient (Wildman–Crippen LogP) is 3.95. The maximum atomic E-state index is 12.9. The minimum Gasteiger partial charge on any atom is -0.466 e. The highest BCUT2D eigenvalue weighted by molar-refractivity contribution is 5.85. The Balaban J connectivity index is 2.77. The first-order chi connectivity index (χ1) is 13.5. The van der Waals surface area contributed by atoms with Crippen molar-refractivity contribution in [1.82, 2.24) is 10.6 Å². The quantitative estimate of drug-likeness (QED) is 0.559. The van der Waals surface area contributed by atoms with Gasteiger partial charge in [0.2, 0.25) is 5.91 Å². The molecule has 168 valence electrons. The maximum absolute atomic E-state index is 12.9. The highest BCUT2D eigenvalue weighted by Gasteiger charge is 2.36. The van der Waals surface area contributed by atoms with Gasteiger partial charge in [0.25, 0.3) is 0 Å². The number of hydrogen-bond acceptors (Lipinski definition) is 5. The van der Waals surface area contributed by atoms with Crippen LogP contribution in [0.15, 0.2) is 0 Å². The van der Waals surface area contributed by atoms with Crippen LogP contribution in [0, 0.1) is 11.3 Å². The highest BCUT2D eigenvalue weighted by atomic mass is 16.6. The molecule has 1 atom stereocenters. The van der Waals surface area contributed by atoms with Crippen LogP contribution in [-0.4, -0.2) is 42.8 Å². The smallest absolute Gasteiger partial charge is 0.408 e. The number of carbonyl (C=O) groups is 3. The summed E-state index contributed by atoms with van der Waals surface area (Å²) in [5.74, 6) is -0.225. The molecular weight excluding hydrogens is 372 g/mol. The van der Waals surface area contributed by atoms with E-state index >= 15 is 0 Å². The lowest BCUT2D eigenvalue weighted by atomic mass is 9.71. The Kier molecular flexibility index (Phi) is 9.93. The molecule has 2 amide bonds. The zero-order valence-corrected chi connectivity index (χ0v) is 19.1. The zero-order valence-electron chi connectivity index (χ0n) is 19.1. The molecule has 0 aromatic heterocycles. The van der Waals surface area contributed by atoms with Gasteiger partial charge in [-0.1, -0.05) is 33.1 Å². The van der Waals surface area contributed by atoms with E-state index in [4.69, 9.17) is 9.47 Å². The normalized spacial score (nSPS) is 17.3. The van der Waals surface area contributed by atoms with Crippen LogP contribution in [0.1, 0.15) is 86.5 Å². The van der Waals surface area contributed by atoms with Crippen molar-refractivity contribution >= 4 is 18.0 Å². The van der Waals surface area contributed by atoms with Crippen LogP contribution in [0.2, 0.25) is 0 Å². The molecule has 29 heavy (non-hydrogen) atoms. The molecule has 1 rings (SSSR count). The number of esters is 1. The van der Waals surface area contributed by atoms with Crippen molar-refractivity contribution in [2.24, 2.45) is 11.3 Å². The molecule has 0 aromatic carbocycles. The molecule has 7 nitrogen and oxygen atoms in total. The number of alkyl carbamates (subject to hydrolysis) is 1. The minimum absolute atomic E-state index is 0.214. The standard InChI is InChI=1S/C22H40N2O5/c1-7-28-18(25)14-22(11-9-8-10-12-22)15-23-19(26)17(13-16(2)3)24-20(27)29-21(4,5)6/h16-17H,7-15H2,1-6H3,(H,23,26)(H,24,27). The van der Waals surface area contributed by atoms with Gasteiger partial charge in [-0.05, 0) is 58.3 Å². The van der Waals surface area contributed by atoms with E-state index in [2.05, 4.69) is 10.6 Å². The molecule has 1 saturated carbocycles. The van der Waals surface area contributed by atoms with Gasteiger partial charge in [0.15, 0.2) is 0 Å². The van der Waals surface area contributed by atoms with Gasteiger partial charge in [-0.3, -0.25) is 9.59 Å². The Hall–Kier alpha value is -1.79. The van der Waals surface area contributed by atoms with Crippen LogP contribution in [0.4, 0.5) is 4.79 Å². The van der Waals surface area contributed by atoms with Crippen molar-refractivity contribution in [3.05, 3.63) is 0 Å². The van der Waals surface area contributed by atoms with Gasteiger partial charge in [-0.15, -0.1) is 0 Å². The SMILES string of the molecule is CCOC(=O)CC1(CNC(=O)C(CC(C)C)NC(=O)OC(C)(C)C)CCCCC1. The second-order valence-corrected chi connectivity index (χ2v) is 9.59. The van der Waals surface area contributed by atoms with Crippen LogP contribution in [0.3, 0.4) is 0 Å². The lowest BCUT2D eigenvalue weighted by Crippen LogP contribution is -2.51. The van der Waals surface area contributed by atoms with Crippen molar-refractivity contribution in [2.45, 2.75) is 98.1 Å². The average molecular weight is 413 g/mol. The molecule has 0 heterocycles. The number of nitrogens with one attached hydrogen (secondary N) is 2. The third kappa shape index (κ3) is 9.99. The minimum atomic E-state index is -0.673. The van der Waals surface area contributed by atoms with E-state index in [1.807, 2.05) is 13.8 Å². The first-order valence-electron chi connectivity index (χ1n) is 10.9. The molecule has 0 saturated heterocycles. The molecule has 0 radical (unpaired) electrons. The fraction of sp³-hybridized carbons (Fsp3) is 0.864. The van der Waals surface area contributed by atoms with Crippen molar-refractivity contribution in [3.63, 3.8) is 0 Å². The molecular formula is C22H40N2O5. The van der Waals surface area contributed by atoms with E-state index < -0.39 is 17.7 Å². The molecule has 0 aromatic rings. The Morgan fingerprint density at radius 2 is 1.69 bits per heavy atom. The van der Waals surface area contributed by atoms with E-state index in [-0.39, 0.29) is 23.2 Å². The van der Waals surface area contributed by atoms with Gasteiger partial charge >= 0.3 is 12.1 Å². The van der Waals surface area contributed by atoms with Gasteiger partial charge in [0.1, 0.15) is 11.6 Å². The third-order valence-electron chi connectivity index (χ3n) is 5.09. The van der Waals surface area contributed by atoms with Crippen molar-refractivity contribution in [3.8, 4) is 0 Å². The fourth-order valence-electron chi connectivity index (χ4n) is 3.79. The van der Waals surface area contributed by atoms with E-state index in [0.29, 0.717) is 26.0 Å². The molecule has 2 N–H and O–H groups in total. The summed E-state index contributed by atoms with van der Waals surface area (Å²) < 4.78 is 10.5. The van der Waals surface area contributed by atoms with Gasteiger partial charge in [-0.25, -0.2) is 4.79 Å². The number of hydrogen-bond donors (Lipinski definition) is 2. The molecule has 0 spiro atoms. The average Bonchev–Trinajstić information content (AvgIpc) is 2.58. The second kappa shape index (κ2) is 11.4. The first-order valence-corrected chi connectivity index (χ1v) is 10.9. The van der Waals surface area contributed by atoms with Crippen molar-refractivity contribution < 1.29 is 23.9 Å². The summed E-state index contributed by atoms with van der Waals surface area (Å²) in [6.45, 7) is 11.9. The Morgan fingerprint density at radius 1 is 1.07 bits per heavy atom. The van der Waals surface area contributed by atoms with Gasteiger partial charge in [0.05, 0.1) is 13.0 Å². The summed E-state index contributed by atoms with van der Waals surface area (Å²) in [7, 11) is 0. The number of carbonyl (C=O) groups excluding carboxylic acids is 3. The van der Waals surface area contributed by atoms with Crippen LogP contribution in [0.5, 0.6) is 0 Å².